The SMILES string of the molecule is O=C(CC1C=CS(=O)(=O)C1)NCc1cnn(Cc2ccccc2)c1. The summed E-state index contributed by atoms with van der Waals surface area (Å²) in [6.07, 6.45) is 5.40. The van der Waals surface area contributed by atoms with Crippen molar-refractivity contribution < 1.29 is 13.2 Å². The average Bonchev–Trinajstić information content (AvgIpc) is 3.12. The van der Waals surface area contributed by atoms with Crippen molar-refractivity contribution >= 4 is 15.7 Å². The van der Waals surface area contributed by atoms with Crippen molar-refractivity contribution in [1.29, 1.82) is 0 Å². The Morgan fingerprint density at radius 3 is 2.75 bits per heavy atom. The molecular weight excluding hydrogens is 326 g/mol. The first-order valence-corrected chi connectivity index (χ1v) is 9.45. The second-order valence-corrected chi connectivity index (χ2v) is 7.86. The molecule has 1 aliphatic heterocycles. The summed E-state index contributed by atoms with van der Waals surface area (Å²) in [5, 5.41) is 8.29. The second-order valence-electron chi connectivity index (χ2n) is 5.93. The van der Waals surface area contributed by atoms with E-state index in [1.165, 1.54) is 5.41 Å². The number of sulfone groups is 1. The third-order valence-corrected chi connectivity index (χ3v) is 5.28. The summed E-state index contributed by atoms with van der Waals surface area (Å²) in [6, 6.07) is 10.0. The molecule has 1 unspecified atom stereocenters. The van der Waals surface area contributed by atoms with E-state index in [1.807, 2.05) is 41.2 Å². The molecule has 0 fully saturated rings. The van der Waals surface area contributed by atoms with Crippen molar-refractivity contribution in [3.8, 4) is 0 Å². The average molecular weight is 345 g/mol. The highest BCUT2D eigenvalue weighted by Crippen LogP contribution is 2.18. The number of carbonyl (C=O) groups is 1. The van der Waals surface area contributed by atoms with Crippen LogP contribution in [0.15, 0.2) is 54.2 Å². The minimum absolute atomic E-state index is 0.0232. The molecule has 1 amide bonds. The molecule has 6 nitrogen and oxygen atoms in total. The Labute approximate surface area is 141 Å². The highest BCUT2D eigenvalue weighted by molar-refractivity contribution is 7.94. The Morgan fingerprint density at radius 1 is 1.25 bits per heavy atom. The lowest BCUT2D eigenvalue weighted by Gasteiger charge is -2.07. The van der Waals surface area contributed by atoms with E-state index in [9.17, 15) is 13.2 Å². The predicted molar refractivity (Wildman–Crippen MR) is 90.7 cm³/mol. The molecular formula is C17H19N3O3S. The molecule has 1 aliphatic rings. The van der Waals surface area contributed by atoms with Crippen LogP contribution in [0.25, 0.3) is 0 Å². The van der Waals surface area contributed by atoms with Gasteiger partial charge in [0.25, 0.3) is 0 Å². The Hall–Kier alpha value is -2.41. The van der Waals surface area contributed by atoms with E-state index in [0.717, 1.165) is 11.1 Å². The number of benzene rings is 1. The molecule has 2 heterocycles. The molecule has 126 valence electrons. The zero-order valence-electron chi connectivity index (χ0n) is 13.1. The maximum Gasteiger partial charge on any atom is 0.220 e. The number of amides is 1. The third-order valence-electron chi connectivity index (χ3n) is 3.82. The minimum Gasteiger partial charge on any atom is -0.352 e. The Kier molecular flexibility index (Phi) is 4.80. The van der Waals surface area contributed by atoms with Gasteiger partial charge in [-0.2, -0.15) is 5.10 Å². The molecule has 24 heavy (non-hydrogen) atoms. The molecule has 1 aromatic carbocycles. The van der Waals surface area contributed by atoms with Crippen LogP contribution in [-0.4, -0.2) is 29.9 Å². The molecule has 2 aromatic rings. The highest BCUT2D eigenvalue weighted by Gasteiger charge is 2.23. The van der Waals surface area contributed by atoms with Crippen molar-refractivity contribution in [2.45, 2.75) is 19.5 Å². The lowest BCUT2D eigenvalue weighted by atomic mass is 10.1. The Morgan fingerprint density at radius 2 is 2.04 bits per heavy atom. The first kappa shape index (κ1) is 16.4. The van der Waals surface area contributed by atoms with Crippen LogP contribution >= 0.6 is 0 Å². The number of nitrogens with zero attached hydrogens (tertiary/aromatic N) is 2. The number of hydrogen-bond donors (Lipinski definition) is 1. The van der Waals surface area contributed by atoms with Crippen molar-refractivity contribution in [3.05, 3.63) is 65.3 Å². The van der Waals surface area contributed by atoms with Crippen LogP contribution in [0.5, 0.6) is 0 Å². The fourth-order valence-electron chi connectivity index (χ4n) is 2.63. The molecule has 3 rings (SSSR count). The van der Waals surface area contributed by atoms with Gasteiger partial charge >= 0.3 is 0 Å². The number of carbonyl (C=O) groups excluding carboxylic acids is 1. The van der Waals surface area contributed by atoms with Crippen LogP contribution in [0.1, 0.15) is 17.5 Å². The van der Waals surface area contributed by atoms with Gasteiger partial charge in [0, 0.05) is 36.1 Å². The normalized spacial score (nSPS) is 18.6. The molecule has 0 saturated heterocycles. The molecule has 1 aromatic heterocycles. The van der Waals surface area contributed by atoms with E-state index in [-0.39, 0.29) is 24.0 Å². The van der Waals surface area contributed by atoms with Gasteiger partial charge in [-0.25, -0.2) is 8.42 Å². The topological polar surface area (TPSA) is 81.1 Å². The lowest BCUT2D eigenvalue weighted by Crippen LogP contribution is -2.25. The maximum absolute atomic E-state index is 11.9. The lowest BCUT2D eigenvalue weighted by molar-refractivity contribution is -0.121. The van der Waals surface area contributed by atoms with Crippen LogP contribution in [0.3, 0.4) is 0 Å². The summed E-state index contributed by atoms with van der Waals surface area (Å²) in [4.78, 5) is 11.9. The fourth-order valence-corrected chi connectivity index (χ4v) is 4.03. The van der Waals surface area contributed by atoms with Gasteiger partial charge in [-0.05, 0) is 5.56 Å². The van der Waals surface area contributed by atoms with Crippen molar-refractivity contribution in [3.63, 3.8) is 0 Å². The van der Waals surface area contributed by atoms with Gasteiger partial charge in [0.05, 0.1) is 18.5 Å². The highest BCUT2D eigenvalue weighted by atomic mass is 32.2. The van der Waals surface area contributed by atoms with Crippen LogP contribution in [0, 0.1) is 5.92 Å². The van der Waals surface area contributed by atoms with Gasteiger partial charge in [-0.15, -0.1) is 0 Å². The van der Waals surface area contributed by atoms with Crippen LogP contribution in [0.4, 0.5) is 0 Å². The summed E-state index contributed by atoms with van der Waals surface area (Å²) in [6.45, 7) is 1.07. The van der Waals surface area contributed by atoms with Gasteiger partial charge in [-0.1, -0.05) is 36.4 Å². The number of rotatable bonds is 6. The largest absolute Gasteiger partial charge is 0.352 e. The first-order valence-electron chi connectivity index (χ1n) is 7.73. The van der Waals surface area contributed by atoms with E-state index in [1.54, 1.807) is 12.3 Å². The molecule has 0 bridgehead atoms. The summed E-state index contributed by atoms with van der Waals surface area (Å²) in [5.41, 5.74) is 2.07. The van der Waals surface area contributed by atoms with E-state index < -0.39 is 9.84 Å². The number of hydrogen-bond acceptors (Lipinski definition) is 4. The number of allylic oxidation sites excluding steroid dienone is 1. The van der Waals surface area contributed by atoms with E-state index >= 15 is 0 Å². The van der Waals surface area contributed by atoms with Crippen LogP contribution < -0.4 is 5.32 Å². The zero-order chi connectivity index (χ0) is 17.0. The summed E-state index contributed by atoms with van der Waals surface area (Å²) < 4.78 is 24.5. The molecule has 0 spiro atoms. The third kappa shape index (κ3) is 4.55. The monoisotopic (exact) mass is 345 g/mol. The van der Waals surface area contributed by atoms with Gasteiger partial charge in [0.1, 0.15) is 0 Å². The van der Waals surface area contributed by atoms with E-state index in [4.69, 9.17) is 0 Å². The smallest absolute Gasteiger partial charge is 0.220 e. The number of nitrogens with one attached hydrogen (secondary N) is 1. The molecule has 0 saturated carbocycles. The van der Waals surface area contributed by atoms with Gasteiger partial charge in [-0.3, -0.25) is 9.48 Å². The molecule has 7 heteroatoms. The molecule has 0 radical (unpaired) electrons. The first-order chi connectivity index (χ1) is 11.5. The molecule has 1 atom stereocenters. The number of aromatic nitrogens is 2. The minimum atomic E-state index is -3.11. The van der Waals surface area contributed by atoms with Gasteiger partial charge in [0.2, 0.25) is 5.91 Å². The molecule has 1 N–H and O–H groups in total. The molecule has 0 aliphatic carbocycles. The van der Waals surface area contributed by atoms with Crippen molar-refractivity contribution in [2.75, 3.05) is 5.75 Å². The van der Waals surface area contributed by atoms with Crippen molar-refractivity contribution in [2.24, 2.45) is 5.92 Å². The van der Waals surface area contributed by atoms with Crippen LogP contribution in [0.2, 0.25) is 0 Å². The maximum atomic E-state index is 11.9. The van der Waals surface area contributed by atoms with E-state index in [2.05, 4.69) is 10.4 Å². The second kappa shape index (κ2) is 7.00. The van der Waals surface area contributed by atoms with Gasteiger partial charge < -0.3 is 5.32 Å². The Balaban J connectivity index is 1.47. The van der Waals surface area contributed by atoms with Gasteiger partial charge in [0.15, 0.2) is 9.84 Å². The summed E-state index contributed by atoms with van der Waals surface area (Å²) in [7, 11) is -3.11. The zero-order valence-corrected chi connectivity index (χ0v) is 13.9. The Bertz CT molecular complexity index is 841. The van der Waals surface area contributed by atoms with Crippen LogP contribution in [-0.2, 0) is 27.7 Å². The van der Waals surface area contributed by atoms with E-state index in [0.29, 0.717) is 13.1 Å². The quantitative estimate of drug-likeness (QED) is 0.860. The standard InChI is InChI=1S/C17H19N3O3S/c21-17(8-15-6-7-24(22,23)13-15)18-9-16-10-19-20(12-16)11-14-4-2-1-3-5-14/h1-7,10,12,15H,8-9,11,13H2,(H,18,21). The summed E-state index contributed by atoms with van der Waals surface area (Å²) in [5.74, 6) is -0.358. The predicted octanol–water partition coefficient (Wildman–Crippen LogP) is 1.50. The van der Waals surface area contributed by atoms with Crippen molar-refractivity contribution in [1.82, 2.24) is 15.1 Å². The fraction of sp³-hybridized carbons (Fsp3) is 0.294. The summed E-state index contributed by atoms with van der Waals surface area (Å²) >= 11 is 0.